The van der Waals surface area contributed by atoms with Gasteiger partial charge in [0.05, 0.1) is 31.2 Å². The number of hydrogen-bond donors (Lipinski definition) is 2. The zero-order chi connectivity index (χ0) is 25.5. The minimum Gasteiger partial charge on any atom is -0.493 e. The van der Waals surface area contributed by atoms with Gasteiger partial charge in [-0.1, -0.05) is 18.2 Å². The molecule has 0 unspecified atom stereocenters. The van der Waals surface area contributed by atoms with Crippen LogP contribution in [0.1, 0.15) is 10.4 Å². The van der Waals surface area contributed by atoms with Crippen molar-refractivity contribution in [1.29, 1.82) is 0 Å². The van der Waals surface area contributed by atoms with Crippen molar-refractivity contribution in [2.75, 3.05) is 30.6 Å². The summed E-state index contributed by atoms with van der Waals surface area (Å²) in [6.07, 6.45) is 0. The molecule has 0 bridgehead atoms. The van der Waals surface area contributed by atoms with Crippen molar-refractivity contribution in [2.45, 2.75) is 4.90 Å². The molecule has 0 atom stereocenters. The van der Waals surface area contributed by atoms with Crippen LogP contribution in [0.5, 0.6) is 11.5 Å². The second kappa shape index (κ2) is 11.7. The number of aromatic nitrogens is 1. The molecule has 0 fully saturated rings. The third-order valence-corrected chi connectivity index (χ3v) is 6.76. The first-order valence-electron chi connectivity index (χ1n) is 10.7. The van der Waals surface area contributed by atoms with Crippen molar-refractivity contribution in [1.82, 2.24) is 4.98 Å². The highest BCUT2D eigenvalue weighted by Gasteiger charge is 2.13. The monoisotopic (exact) mass is 523 g/mol. The normalized spacial score (nSPS) is 10.5. The highest BCUT2D eigenvalue weighted by molar-refractivity contribution is 8.00. The summed E-state index contributed by atoms with van der Waals surface area (Å²) < 4.78 is 24.5. The van der Waals surface area contributed by atoms with E-state index >= 15 is 0 Å². The molecule has 1 aromatic heterocycles. The number of halogens is 1. The van der Waals surface area contributed by atoms with Crippen LogP contribution < -0.4 is 20.1 Å². The van der Waals surface area contributed by atoms with Crippen LogP contribution in [0, 0.1) is 5.82 Å². The van der Waals surface area contributed by atoms with Crippen LogP contribution in [0.3, 0.4) is 0 Å². The first kappa shape index (κ1) is 25.2. The quantitative estimate of drug-likeness (QED) is 0.264. The fraction of sp³-hybridized carbons (Fsp3) is 0.115. The fourth-order valence-electron chi connectivity index (χ4n) is 3.27. The average Bonchev–Trinajstić information content (AvgIpc) is 3.35. The van der Waals surface area contributed by atoms with Crippen molar-refractivity contribution in [3.8, 4) is 22.8 Å². The Hall–Kier alpha value is -3.89. The Morgan fingerprint density at radius 1 is 0.972 bits per heavy atom. The van der Waals surface area contributed by atoms with E-state index in [0.717, 1.165) is 10.5 Å². The van der Waals surface area contributed by atoms with Crippen LogP contribution in [-0.2, 0) is 4.79 Å². The number of thioether (sulfide) groups is 1. The summed E-state index contributed by atoms with van der Waals surface area (Å²) in [5.41, 5.74) is 2.02. The average molecular weight is 524 g/mol. The molecule has 0 radical (unpaired) electrons. The summed E-state index contributed by atoms with van der Waals surface area (Å²) >= 11 is 2.63. The van der Waals surface area contributed by atoms with Crippen molar-refractivity contribution in [3.63, 3.8) is 0 Å². The van der Waals surface area contributed by atoms with Crippen molar-refractivity contribution < 1.29 is 23.5 Å². The fourth-order valence-corrected chi connectivity index (χ4v) is 4.76. The van der Waals surface area contributed by atoms with E-state index < -0.39 is 11.7 Å². The molecule has 10 heteroatoms. The zero-order valence-electron chi connectivity index (χ0n) is 19.4. The lowest BCUT2D eigenvalue weighted by molar-refractivity contribution is -0.113. The van der Waals surface area contributed by atoms with Crippen LogP contribution in [0.4, 0.5) is 15.2 Å². The number of carbonyl (C=O) groups is 2. The third kappa shape index (κ3) is 6.21. The van der Waals surface area contributed by atoms with Gasteiger partial charge in [-0.2, -0.15) is 0 Å². The molecule has 0 spiro atoms. The molecule has 36 heavy (non-hydrogen) atoms. The molecule has 184 valence electrons. The zero-order valence-corrected chi connectivity index (χ0v) is 21.0. The van der Waals surface area contributed by atoms with E-state index in [9.17, 15) is 14.0 Å². The first-order chi connectivity index (χ1) is 17.5. The molecule has 0 saturated heterocycles. The standard InChI is InChI=1S/C26H22FN3O4S2/c1-33-22-11-10-16(12-23(22)34-2)21-14-36-26(29-21)30-24(31)15-35-18-7-5-6-17(13-18)28-25(32)19-8-3-4-9-20(19)27/h3-14H,15H2,1-2H3,(H,28,32)(H,29,30,31). The molecule has 2 amide bonds. The van der Waals surface area contributed by atoms with Crippen LogP contribution in [0.25, 0.3) is 11.3 Å². The van der Waals surface area contributed by atoms with Crippen LogP contribution in [0.15, 0.2) is 77.0 Å². The maximum atomic E-state index is 13.8. The maximum Gasteiger partial charge on any atom is 0.258 e. The van der Waals surface area contributed by atoms with Crippen molar-refractivity contribution in [2.24, 2.45) is 0 Å². The highest BCUT2D eigenvalue weighted by atomic mass is 32.2. The van der Waals surface area contributed by atoms with Crippen molar-refractivity contribution in [3.05, 3.63) is 83.5 Å². The molecule has 0 saturated carbocycles. The first-order valence-corrected chi connectivity index (χ1v) is 12.6. The Balaban J connectivity index is 1.33. The van der Waals surface area contributed by atoms with E-state index in [-0.39, 0.29) is 17.2 Å². The Morgan fingerprint density at radius 2 is 1.78 bits per heavy atom. The summed E-state index contributed by atoms with van der Waals surface area (Å²) in [6.45, 7) is 0. The number of thiazole rings is 1. The maximum absolute atomic E-state index is 13.8. The van der Waals surface area contributed by atoms with Gasteiger partial charge in [0.25, 0.3) is 5.91 Å². The second-order valence-electron chi connectivity index (χ2n) is 7.41. The summed E-state index contributed by atoms with van der Waals surface area (Å²) in [6, 6.07) is 18.3. The van der Waals surface area contributed by atoms with Crippen LogP contribution in [-0.4, -0.2) is 36.8 Å². The molecule has 4 aromatic rings. The van der Waals surface area contributed by atoms with Gasteiger partial charge in [-0.3, -0.25) is 9.59 Å². The summed E-state index contributed by atoms with van der Waals surface area (Å²) in [5, 5.41) is 7.83. The number of rotatable bonds is 9. The van der Waals surface area contributed by atoms with Crippen LogP contribution >= 0.6 is 23.1 Å². The Bertz CT molecular complexity index is 1390. The molecule has 1 heterocycles. The molecular formula is C26H22FN3O4S2. The van der Waals surface area contributed by atoms with Crippen LogP contribution in [0.2, 0.25) is 0 Å². The van der Waals surface area contributed by atoms with E-state index in [1.807, 2.05) is 23.6 Å². The molecule has 0 aliphatic rings. The minimum atomic E-state index is -0.589. The number of nitrogens with zero attached hydrogens (tertiary/aromatic N) is 1. The summed E-state index contributed by atoms with van der Waals surface area (Å²) in [7, 11) is 3.14. The summed E-state index contributed by atoms with van der Waals surface area (Å²) in [5.74, 6) is 0.0237. The molecule has 3 aromatic carbocycles. The minimum absolute atomic E-state index is 0.0363. The van der Waals surface area contributed by atoms with Gasteiger partial charge in [0.15, 0.2) is 16.6 Å². The molecule has 2 N–H and O–H groups in total. The largest absolute Gasteiger partial charge is 0.493 e. The molecule has 0 aliphatic carbocycles. The molecule has 4 rings (SSSR count). The third-order valence-electron chi connectivity index (χ3n) is 5.01. The van der Waals surface area contributed by atoms with Gasteiger partial charge < -0.3 is 20.1 Å². The van der Waals surface area contributed by atoms with Gasteiger partial charge in [-0.05, 0) is 48.5 Å². The van der Waals surface area contributed by atoms with Gasteiger partial charge in [-0.15, -0.1) is 23.1 Å². The number of ether oxygens (including phenoxy) is 2. The van der Waals surface area contributed by atoms with E-state index in [2.05, 4.69) is 15.6 Å². The summed E-state index contributed by atoms with van der Waals surface area (Å²) in [4.78, 5) is 30.1. The number of hydrogen-bond acceptors (Lipinski definition) is 7. The predicted molar refractivity (Wildman–Crippen MR) is 141 cm³/mol. The lowest BCUT2D eigenvalue weighted by atomic mass is 10.1. The molecule has 7 nitrogen and oxygen atoms in total. The van der Waals surface area contributed by atoms with E-state index in [1.54, 1.807) is 44.6 Å². The number of carbonyl (C=O) groups excluding carboxylic acids is 2. The highest BCUT2D eigenvalue weighted by Crippen LogP contribution is 2.33. The molecule has 0 aliphatic heterocycles. The van der Waals surface area contributed by atoms with Gasteiger partial charge in [0.2, 0.25) is 5.91 Å². The number of amides is 2. The SMILES string of the molecule is COc1ccc(-c2csc(NC(=O)CSc3cccc(NC(=O)c4ccccc4F)c3)n2)cc1OC. The van der Waals surface area contributed by atoms with Gasteiger partial charge in [-0.25, -0.2) is 9.37 Å². The van der Waals surface area contributed by atoms with Gasteiger partial charge >= 0.3 is 0 Å². The van der Waals surface area contributed by atoms with E-state index in [0.29, 0.717) is 28.0 Å². The second-order valence-corrected chi connectivity index (χ2v) is 9.31. The Morgan fingerprint density at radius 3 is 2.56 bits per heavy atom. The molecular weight excluding hydrogens is 501 g/mol. The van der Waals surface area contributed by atoms with Gasteiger partial charge in [0.1, 0.15) is 5.82 Å². The number of nitrogens with one attached hydrogen (secondary N) is 2. The predicted octanol–water partition coefficient (Wildman–Crippen LogP) is 5.95. The van der Waals surface area contributed by atoms with E-state index in [1.165, 1.54) is 41.3 Å². The smallest absolute Gasteiger partial charge is 0.258 e. The van der Waals surface area contributed by atoms with Gasteiger partial charge in [0, 0.05) is 21.5 Å². The lowest BCUT2D eigenvalue weighted by Crippen LogP contribution is -2.14. The Kier molecular flexibility index (Phi) is 8.19. The number of methoxy groups -OCH3 is 2. The lowest BCUT2D eigenvalue weighted by Gasteiger charge is -2.08. The Labute approximate surface area is 215 Å². The number of benzene rings is 3. The van der Waals surface area contributed by atoms with Crippen molar-refractivity contribution >= 4 is 45.7 Å². The van der Waals surface area contributed by atoms with E-state index in [4.69, 9.17) is 9.47 Å². The number of anilines is 2. The topological polar surface area (TPSA) is 89.6 Å².